The maximum absolute atomic E-state index is 11.9. The molecule has 1 unspecified atom stereocenters. The number of aryl methyl sites for hydroxylation is 1. The number of thiol groups is 1. The minimum absolute atomic E-state index is 0.00829. The monoisotopic (exact) mass is 266 g/mol. The molecule has 1 aromatic rings. The Morgan fingerprint density at radius 1 is 1.50 bits per heavy atom. The van der Waals surface area contributed by atoms with E-state index < -0.39 is 4.92 Å². The van der Waals surface area contributed by atoms with Crippen molar-refractivity contribution in [3.8, 4) is 0 Å². The molecule has 6 heteroatoms. The van der Waals surface area contributed by atoms with Crippen LogP contribution in [0, 0.1) is 23.0 Å². The molecule has 5 nitrogen and oxygen atoms in total. The lowest BCUT2D eigenvalue weighted by atomic mass is 10.1. The lowest BCUT2D eigenvalue weighted by Gasteiger charge is -2.16. The number of nitro groups is 1. The quantitative estimate of drug-likeness (QED) is 0.518. The SMILES string of the molecule is Cc1cc(N2CC(CS)CC2=O)cc([N+](=O)[O-])c1. The Bertz CT molecular complexity index is 504. The summed E-state index contributed by atoms with van der Waals surface area (Å²) in [6, 6.07) is 4.75. The Labute approximate surface area is 110 Å². The highest BCUT2D eigenvalue weighted by molar-refractivity contribution is 7.80. The molecule has 0 aliphatic carbocycles. The molecule has 1 saturated heterocycles. The Morgan fingerprint density at radius 2 is 2.22 bits per heavy atom. The van der Waals surface area contributed by atoms with E-state index in [2.05, 4.69) is 12.6 Å². The largest absolute Gasteiger partial charge is 0.312 e. The van der Waals surface area contributed by atoms with Crippen LogP contribution in [-0.4, -0.2) is 23.1 Å². The zero-order valence-electron chi connectivity index (χ0n) is 10.00. The smallest absolute Gasteiger partial charge is 0.271 e. The summed E-state index contributed by atoms with van der Waals surface area (Å²) in [5.74, 6) is 0.880. The van der Waals surface area contributed by atoms with Gasteiger partial charge < -0.3 is 4.90 Å². The van der Waals surface area contributed by atoms with Crippen molar-refractivity contribution in [3.05, 3.63) is 33.9 Å². The van der Waals surface area contributed by atoms with Gasteiger partial charge in [-0.3, -0.25) is 14.9 Å². The maximum atomic E-state index is 11.9. The Balaban J connectivity index is 2.34. The second kappa shape index (κ2) is 4.97. The van der Waals surface area contributed by atoms with Crippen molar-refractivity contribution in [2.45, 2.75) is 13.3 Å². The summed E-state index contributed by atoms with van der Waals surface area (Å²) in [6.07, 6.45) is 0.464. The first-order chi connectivity index (χ1) is 8.51. The number of hydrogen-bond acceptors (Lipinski definition) is 4. The number of anilines is 1. The summed E-state index contributed by atoms with van der Waals surface area (Å²) in [7, 11) is 0. The normalized spacial score (nSPS) is 19.3. The van der Waals surface area contributed by atoms with Crippen LogP contribution in [0.4, 0.5) is 11.4 Å². The molecular formula is C12H14N2O3S. The predicted octanol–water partition coefficient (Wildman–Crippen LogP) is 2.19. The van der Waals surface area contributed by atoms with E-state index in [9.17, 15) is 14.9 Å². The van der Waals surface area contributed by atoms with E-state index in [1.165, 1.54) is 12.1 Å². The molecule has 18 heavy (non-hydrogen) atoms. The topological polar surface area (TPSA) is 63.5 Å². The number of nitro benzene ring substituents is 1. The molecule has 1 aliphatic rings. The molecule has 1 aromatic carbocycles. The van der Waals surface area contributed by atoms with Crippen LogP contribution in [0.2, 0.25) is 0 Å². The molecule has 0 spiro atoms. The molecule has 1 amide bonds. The van der Waals surface area contributed by atoms with Gasteiger partial charge in [-0.2, -0.15) is 12.6 Å². The van der Waals surface area contributed by atoms with Gasteiger partial charge in [-0.25, -0.2) is 0 Å². The number of amides is 1. The molecule has 96 valence electrons. The molecule has 1 aliphatic heterocycles. The van der Waals surface area contributed by atoms with E-state index in [0.717, 1.165) is 5.56 Å². The highest BCUT2D eigenvalue weighted by Crippen LogP contribution is 2.29. The van der Waals surface area contributed by atoms with Gasteiger partial charge in [-0.1, -0.05) is 0 Å². The lowest BCUT2D eigenvalue weighted by Crippen LogP contribution is -2.24. The zero-order chi connectivity index (χ0) is 13.3. The summed E-state index contributed by atoms with van der Waals surface area (Å²) in [5.41, 5.74) is 1.41. The Kier molecular flexibility index (Phi) is 3.56. The second-order valence-electron chi connectivity index (χ2n) is 4.54. The summed E-state index contributed by atoms with van der Waals surface area (Å²) in [6.45, 7) is 2.37. The average Bonchev–Trinajstić information content (AvgIpc) is 2.69. The molecule has 0 N–H and O–H groups in total. The van der Waals surface area contributed by atoms with Crippen LogP contribution in [0.15, 0.2) is 18.2 Å². The molecule has 2 rings (SSSR count). The minimum Gasteiger partial charge on any atom is -0.312 e. The van der Waals surface area contributed by atoms with Gasteiger partial charge in [0.05, 0.1) is 10.6 Å². The predicted molar refractivity (Wildman–Crippen MR) is 72.1 cm³/mol. The third kappa shape index (κ3) is 2.48. The van der Waals surface area contributed by atoms with E-state index in [4.69, 9.17) is 0 Å². The van der Waals surface area contributed by atoms with Gasteiger partial charge in [-0.15, -0.1) is 0 Å². The number of non-ortho nitro benzene ring substituents is 1. The van der Waals surface area contributed by atoms with Crippen molar-refractivity contribution in [1.29, 1.82) is 0 Å². The van der Waals surface area contributed by atoms with Crippen molar-refractivity contribution in [2.24, 2.45) is 5.92 Å². The van der Waals surface area contributed by atoms with Crippen molar-refractivity contribution in [3.63, 3.8) is 0 Å². The standard InChI is InChI=1S/C12H14N2O3S/c1-8-2-10(5-11(3-8)14(16)17)13-6-9(7-18)4-12(13)15/h2-3,5,9,18H,4,6-7H2,1H3. The van der Waals surface area contributed by atoms with E-state index in [-0.39, 0.29) is 17.5 Å². The fourth-order valence-electron chi connectivity index (χ4n) is 2.16. The Hall–Kier alpha value is -1.56. The van der Waals surface area contributed by atoms with Crippen molar-refractivity contribution >= 4 is 29.9 Å². The van der Waals surface area contributed by atoms with Gasteiger partial charge in [-0.05, 0) is 30.2 Å². The van der Waals surface area contributed by atoms with E-state index in [0.29, 0.717) is 24.4 Å². The summed E-state index contributed by atoms with van der Waals surface area (Å²) in [5, 5.41) is 10.8. The molecular weight excluding hydrogens is 252 g/mol. The van der Waals surface area contributed by atoms with E-state index in [1.807, 2.05) is 0 Å². The summed E-state index contributed by atoms with van der Waals surface area (Å²) >= 11 is 4.20. The molecule has 1 fully saturated rings. The van der Waals surface area contributed by atoms with Gasteiger partial charge in [0.25, 0.3) is 5.69 Å². The zero-order valence-corrected chi connectivity index (χ0v) is 10.9. The minimum atomic E-state index is -0.437. The van der Waals surface area contributed by atoms with Crippen LogP contribution in [0.3, 0.4) is 0 Å². The lowest BCUT2D eigenvalue weighted by molar-refractivity contribution is -0.384. The third-order valence-electron chi connectivity index (χ3n) is 3.03. The second-order valence-corrected chi connectivity index (χ2v) is 4.91. The van der Waals surface area contributed by atoms with Gasteiger partial charge in [0.15, 0.2) is 0 Å². The fourth-order valence-corrected chi connectivity index (χ4v) is 2.40. The number of carbonyl (C=O) groups excluding carboxylic acids is 1. The number of rotatable bonds is 3. The van der Waals surface area contributed by atoms with Crippen LogP contribution in [0.25, 0.3) is 0 Å². The highest BCUT2D eigenvalue weighted by Gasteiger charge is 2.30. The van der Waals surface area contributed by atoms with E-state index in [1.54, 1.807) is 17.9 Å². The summed E-state index contributed by atoms with van der Waals surface area (Å²) in [4.78, 5) is 23.8. The molecule has 1 atom stereocenters. The van der Waals surface area contributed by atoms with Gasteiger partial charge in [0.1, 0.15) is 0 Å². The van der Waals surface area contributed by atoms with E-state index >= 15 is 0 Å². The maximum Gasteiger partial charge on any atom is 0.271 e. The van der Waals surface area contributed by atoms with Crippen LogP contribution < -0.4 is 4.90 Å². The number of nitrogens with zero attached hydrogens (tertiary/aromatic N) is 2. The van der Waals surface area contributed by atoms with Crippen molar-refractivity contribution in [1.82, 2.24) is 0 Å². The number of hydrogen-bond donors (Lipinski definition) is 1. The molecule has 0 saturated carbocycles. The van der Waals surface area contributed by atoms with Crippen LogP contribution in [-0.2, 0) is 4.79 Å². The third-order valence-corrected chi connectivity index (χ3v) is 3.55. The molecule has 1 heterocycles. The molecule has 0 aromatic heterocycles. The van der Waals surface area contributed by atoms with Crippen molar-refractivity contribution < 1.29 is 9.72 Å². The first-order valence-electron chi connectivity index (χ1n) is 5.68. The highest BCUT2D eigenvalue weighted by atomic mass is 32.1. The van der Waals surface area contributed by atoms with Crippen LogP contribution in [0.5, 0.6) is 0 Å². The van der Waals surface area contributed by atoms with Crippen LogP contribution >= 0.6 is 12.6 Å². The first-order valence-corrected chi connectivity index (χ1v) is 6.32. The van der Waals surface area contributed by atoms with Gasteiger partial charge >= 0.3 is 0 Å². The van der Waals surface area contributed by atoms with Gasteiger partial charge in [0, 0.05) is 25.1 Å². The Morgan fingerprint density at radius 3 is 2.78 bits per heavy atom. The van der Waals surface area contributed by atoms with Gasteiger partial charge in [0.2, 0.25) is 5.91 Å². The average molecular weight is 266 g/mol. The van der Waals surface area contributed by atoms with Crippen molar-refractivity contribution in [2.75, 3.05) is 17.2 Å². The summed E-state index contributed by atoms with van der Waals surface area (Å²) < 4.78 is 0. The first kappa shape index (κ1) is 12.9. The number of carbonyl (C=O) groups is 1. The molecule has 0 radical (unpaired) electrons. The van der Waals surface area contributed by atoms with Crippen LogP contribution in [0.1, 0.15) is 12.0 Å². The fraction of sp³-hybridized carbons (Fsp3) is 0.417. The molecule has 0 bridgehead atoms. The number of benzene rings is 1.